The van der Waals surface area contributed by atoms with Crippen molar-refractivity contribution in [1.82, 2.24) is 5.32 Å². The van der Waals surface area contributed by atoms with Crippen molar-refractivity contribution in [3.8, 4) is 0 Å². The molecule has 2 atom stereocenters. The zero-order valence-corrected chi connectivity index (χ0v) is 13.3. The van der Waals surface area contributed by atoms with E-state index in [0.717, 1.165) is 25.2 Å². The summed E-state index contributed by atoms with van der Waals surface area (Å²) in [5.41, 5.74) is 5.63. The molecule has 0 heterocycles. The predicted octanol–water partition coefficient (Wildman–Crippen LogP) is 2.61. The van der Waals surface area contributed by atoms with Crippen LogP contribution in [0.25, 0.3) is 0 Å². The van der Waals surface area contributed by atoms with E-state index >= 15 is 0 Å². The molecule has 2 amide bonds. The minimum Gasteiger partial charge on any atom is -0.369 e. The first kappa shape index (κ1) is 16.3. The summed E-state index contributed by atoms with van der Waals surface area (Å²) in [7, 11) is 1.66. The van der Waals surface area contributed by atoms with Gasteiger partial charge in [-0.15, -0.1) is 0 Å². The number of amides is 2. The minimum absolute atomic E-state index is 0.00266. The van der Waals surface area contributed by atoms with Crippen LogP contribution in [0.1, 0.15) is 64.2 Å². The largest absolute Gasteiger partial charge is 0.369 e. The van der Waals surface area contributed by atoms with Crippen molar-refractivity contribution in [2.24, 2.45) is 29.4 Å². The number of nitrogens with two attached hydrogens (primary N) is 1. The summed E-state index contributed by atoms with van der Waals surface area (Å²) in [6, 6.07) is 0. The van der Waals surface area contributed by atoms with Gasteiger partial charge in [0, 0.05) is 18.9 Å². The third-order valence-corrected chi connectivity index (χ3v) is 5.61. The Kier molecular flexibility index (Phi) is 6.07. The van der Waals surface area contributed by atoms with Crippen molar-refractivity contribution in [2.75, 3.05) is 7.05 Å². The molecular formula is C17H30N2O2. The van der Waals surface area contributed by atoms with E-state index in [4.69, 9.17) is 5.73 Å². The third kappa shape index (κ3) is 4.45. The van der Waals surface area contributed by atoms with Crippen LogP contribution in [0.15, 0.2) is 0 Å². The van der Waals surface area contributed by atoms with E-state index in [9.17, 15) is 9.59 Å². The van der Waals surface area contributed by atoms with Gasteiger partial charge >= 0.3 is 0 Å². The topological polar surface area (TPSA) is 72.2 Å². The molecule has 4 nitrogen and oxygen atoms in total. The highest BCUT2D eigenvalue weighted by molar-refractivity contribution is 5.86. The third-order valence-electron chi connectivity index (χ3n) is 5.61. The summed E-state index contributed by atoms with van der Waals surface area (Å²) in [6.45, 7) is 0. The van der Waals surface area contributed by atoms with Crippen LogP contribution >= 0.6 is 0 Å². The summed E-state index contributed by atoms with van der Waals surface area (Å²) >= 11 is 0. The van der Waals surface area contributed by atoms with Gasteiger partial charge in [0.2, 0.25) is 11.8 Å². The second-order valence-corrected chi connectivity index (χ2v) is 6.99. The van der Waals surface area contributed by atoms with E-state index in [0.29, 0.717) is 5.92 Å². The van der Waals surface area contributed by atoms with Crippen LogP contribution < -0.4 is 11.1 Å². The summed E-state index contributed by atoms with van der Waals surface area (Å²) < 4.78 is 0. The quantitative estimate of drug-likeness (QED) is 0.722. The number of hydrogen-bond acceptors (Lipinski definition) is 2. The maximum atomic E-state index is 12.2. The Balaban J connectivity index is 1.95. The lowest BCUT2D eigenvalue weighted by Gasteiger charge is -2.32. The first-order valence-corrected chi connectivity index (χ1v) is 8.62. The molecule has 3 N–H and O–H groups in total. The molecule has 0 bridgehead atoms. The summed E-state index contributed by atoms with van der Waals surface area (Å²) in [6.07, 6.45) is 11.5. The first-order chi connectivity index (χ1) is 10.1. The molecule has 4 heteroatoms. The lowest BCUT2D eigenvalue weighted by Crippen LogP contribution is -2.41. The number of nitrogens with one attached hydrogen (secondary N) is 1. The van der Waals surface area contributed by atoms with Crippen molar-refractivity contribution in [1.29, 1.82) is 0 Å². The smallest absolute Gasteiger partial charge is 0.223 e. The zero-order valence-electron chi connectivity index (χ0n) is 13.3. The fraction of sp³-hybridized carbons (Fsp3) is 0.882. The van der Waals surface area contributed by atoms with Crippen LogP contribution in [-0.4, -0.2) is 18.9 Å². The van der Waals surface area contributed by atoms with Gasteiger partial charge in [-0.1, -0.05) is 44.9 Å². The highest BCUT2D eigenvalue weighted by Crippen LogP contribution is 2.37. The van der Waals surface area contributed by atoms with Crippen molar-refractivity contribution in [2.45, 2.75) is 64.2 Å². The van der Waals surface area contributed by atoms with Gasteiger partial charge in [0.15, 0.2) is 0 Å². The lowest BCUT2D eigenvalue weighted by molar-refractivity contribution is -0.134. The normalized spacial score (nSPS) is 22.5. The van der Waals surface area contributed by atoms with Crippen LogP contribution in [0.5, 0.6) is 0 Å². The van der Waals surface area contributed by atoms with E-state index in [2.05, 4.69) is 5.32 Å². The molecular weight excluding hydrogens is 264 g/mol. The average molecular weight is 294 g/mol. The van der Waals surface area contributed by atoms with Gasteiger partial charge in [-0.3, -0.25) is 9.59 Å². The molecule has 1 unspecified atom stereocenters. The van der Waals surface area contributed by atoms with Crippen molar-refractivity contribution in [3.05, 3.63) is 0 Å². The summed E-state index contributed by atoms with van der Waals surface area (Å²) in [5.74, 6) is 0.546. The van der Waals surface area contributed by atoms with Crippen molar-refractivity contribution < 1.29 is 9.59 Å². The monoisotopic (exact) mass is 294 g/mol. The van der Waals surface area contributed by atoms with E-state index in [1.54, 1.807) is 7.05 Å². The Morgan fingerprint density at radius 1 is 1.05 bits per heavy atom. The van der Waals surface area contributed by atoms with Gasteiger partial charge in [0.25, 0.3) is 0 Å². The molecule has 2 aliphatic rings. The van der Waals surface area contributed by atoms with E-state index in [1.165, 1.54) is 44.9 Å². The fourth-order valence-corrected chi connectivity index (χ4v) is 3.98. The molecule has 0 aromatic rings. The molecule has 0 saturated heterocycles. The molecule has 21 heavy (non-hydrogen) atoms. The molecule has 2 aliphatic carbocycles. The highest BCUT2D eigenvalue weighted by atomic mass is 16.2. The maximum Gasteiger partial charge on any atom is 0.223 e. The van der Waals surface area contributed by atoms with Crippen LogP contribution in [0.4, 0.5) is 0 Å². The van der Waals surface area contributed by atoms with E-state index in [1.807, 2.05) is 0 Å². The molecule has 0 aromatic carbocycles. The second kappa shape index (κ2) is 7.81. The Morgan fingerprint density at radius 3 is 2.14 bits per heavy atom. The van der Waals surface area contributed by atoms with Gasteiger partial charge in [-0.05, 0) is 31.1 Å². The second-order valence-electron chi connectivity index (χ2n) is 6.99. The molecule has 0 aromatic heterocycles. The Hall–Kier alpha value is -1.06. The zero-order chi connectivity index (χ0) is 15.2. The van der Waals surface area contributed by atoms with Crippen LogP contribution in [0.3, 0.4) is 0 Å². The summed E-state index contributed by atoms with van der Waals surface area (Å²) in [5, 5.41) is 2.74. The molecule has 0 radical (unpaired) electrons. The number of rotatable bonds is 8. The van der Waals surface area contributed by atoms with Crippen molar-refractivity contribution >= 4 is 11.8 Å². The number of carbonyl (C=O) groups is 2. The Bertz CT molecular complexity index is 360. The standard InChI is InChI=1S/C17H30N2O2/c1-19-17(21)15(11-13-7-4-8-13)14(16(18)20)10-9-12-5-2-3-6-12/h12-15H,2-11H2,1H3,(H2,18,20)(H,19,21)/t14-,15?/m0/s1. The van der Waals surface area contributed by atoms with Gasteiger partial charge in [-0.25, -0.2) is 0 Å². The van der Waals surface area contributed by atoms with Crippen LogP contribution in [-0.2, 0) is 9.59 Å². The molecule has 0 aliphatic heterocycles. The van der Waals surface area contributed by atoms with Gasteiger partial charge in [0.05, 0.1) is 0 Å². The maximum absolute atomic E-state index is 12.2. The van der Waals surface area contributed by atoms with Gasteiger partial charge in [-0.2, -0.15) is 0 Å². The highest BCUT2D eigenvalue weighted by Gasteiger charge is 2.35. The van der Waals surface area contributed by atoms with E-state index < -0.39 is 0 Å². The number of hydrogen-bond donors (Lipinski definition) is 2. The fourth-order valence-electron chi connectivity index (χ4n) is 3.98. The summed E-state index contributed by atoms with van der Waals surface area (Å²) in [4.78, 5) is 24.1. The molecule has 2 fully saturated rings. The van der Waals surface area contributed by atoms with Gasteiger partial charge < -0.3 is 11.1 Å². The number of carbonyl (C=O) groups excluding carboxylic acids is 2. The predicted molar refractivity (Wildman–Crippen MR) is 83.4 cm³/mol. The Morgan fingerprint density at radius 2 is 1.67 bits per heavy atom. The Labute approximate surface area is 128 Å². The van der Waals surface area contributed by atoms with Crippen LogP contribution in [0, 0.1) is 23.7 Å². The number of primary amides is 1. The first-order valence-electron chi connectivity index (χ1n) is 8.62. The van der Waals surface area contributed by atoms with E-state index in [-0.39, 0.29) is 23.7 Å². The lowest BCUT2D eigenvalue weighted by atomic mass is 9.73. The molecule has 120 valence electrons. The minimum atomic E-state index is -0.291. The molecule has 0 spiro atoms. The molecule has 2 saturated carbocycles. The van der Waals surface area contributed by atoms with Crippen molar-refractivity contribution in [3.63, 3.8) is 0 Å². The average Bonchev–Trinajstić information content (AvgIpc) is 2.92. The van der Waals surface area contributed by atoms with Gasteiger partial charge in [0.1, 0.15) is 0 Å². The molecule has 2 rings (SSSR count). The van der Waals surface area contributed by atoms with Crippen LogP contribution in [0.2, 0.25) is 0 Å². The SMILES string of the molecule is CNC(=O)C(CC1CCC1)[C@H](CCC1CCCC1)C(N)=O.